The van der Waals surface area contributed by atoms with E-state index in [-0.39, 0.29) is 0 Å². The second-order valence-electron chi connectivity index (χ2n) is 8.53. The largest absolute Gasteiger partial charge is 0.122 e. The van der Waals surface area contributed by atoms with Gasteiger partial charge < -0.3 is 0 Å². The monoisotopic (exact) mass is 382 g/mol. The van der Waals surface area contributed by atoms with Crippen molar-refractivity contribution < 1.29 is 0 Å². The van der Waals surface area contributed by atoms with Gasteiger partial charge in [-0.05, 0) is 50.3 Å². The van der Waals surface area contributed by atoms with Gasteiger partial charge >= 0.3 is 0 Å². The molecule has 156 valence electrons. The first-order valence-electron chi connectivity index (χ1n) is 12.1. The molecule has 0 spiro atoms. The molecule has 0 radical (unpaired) electrons. The molecule has 0 nitrogen and oxygen atoms in total. The Labute approximate surface area is 169 Å². The highest BCUT2D eigenvalue weighted by Gasteiger charge is 2.03. The lowest BCUT2D eigenvalue weighted by Crippen LogP contribution is -1.97. The Morgan fingerprint density at radius 3 is 1.69 bits per heavy atom. The van der Waals surface area contributed by atoms with E-state index in [9.17, 15) is 0 Å². The first-order chi connectivity index (χ1) is 12.7. The minimum Gasteiger partial charge on any atom is -0.122 e. The van der Waals surface area contributed by atoms with E-state index < -0.39 is 0 Å². The van der Waals surface area contributed by atoms with Crippen LogP contribution in [0.1, 0.15) is 130 Å². The second-order valence-corrected chi connectivity index (χ2v) is 10.2. The van der Waals surface area contributed by atoms with Crippen molar-refractivity contribution in [2.45, 2.75) is 130 Å². The fraction of sp³-hybridized carbons (Fsp3) is 0.920. The highest BCUT2D eigenvalue weighted by atomic mass is 31.1. The predicted octanol–water partition coefficient (Wildman–Crippen LogP) is 9.53. The van der Waals surface area contributed by atoms with Crippen molar-refractivity contribution in [1.82, 2.24) is 0 Å². The quantitative estimate of drug-likeness (QED) is 0.105. The van der Waals surface area contributed by atoms with Gasteiger partial charge in [0, 0.05) is 0 Å². The predicted molar refractivity (Wildman–Crippen MR) is 126 cm³/mol. The third kappa shape index (κ3) is 20.5. The van der Waals surface area contributed by atoms with Crippen molar-refractivity contribution in [2.75, 3.05) is 12.3 Å². The van der Waals surface area contributed by atoms with Gasteiger partial charge in [0.15, 0.2) is 0 Å². The van der Waals surface area contributed by atoms with E-state index in [0.29, 0.717) is 0 Å². The molecule has 0 heterocycles. The first kappa shape index (κ1) is 26.2. The minimum absolute atomic E-state index is 0.900. The van der Waals surface area contributed by atoms with Crippen molar-refractivity contribution >= 4 is 8.58 Å². The van der Waals surface area contributed by atoms with Crippen LogP contribution in [0.4, 0.5) is 0 Å². The highest BCUT2D eigenvalue weighted by Crippen LogP contribution is 2.22. The van der Waals surface area contributed by atoms with Crippen LogP contribution < -0.4 is 0 Å². The molecule has 0 aliphatic carbocycles. The van der Waals surface area contributed by atoms with Crippen molar-refractivity contribution in [2.24, 2.45) is 5.92 Å². The smallest absolute Gasteiger partial charge is 0.0320 e. The van der Waals surface area contributed by atoms with Crippen LogP contribution in [-0.2, 0) is 0 Å². The molecule has 0 fully saturated rings. The zero-order valence-corrected chi connectivity index (χ0v) is 19.7. The summed E-state index contributed by atoms with van der Waals surface area (Å²) in [5.74, 6) is 0.900. The SMILES string of the molecule is C=C(CCCCCCCCCCCCCCC)CCC(C)CCPCC. The Morgan fingerprint density at radius 2 is 1.19 bits per heavy atom. The third-order valence-corrected chi connectivity index (χ3v) is 6.83. The van der Waals surface area contributed by atoms with Crippen LogP contribution in [0.15, 0.2) is 12.2 Å². The number of unbranched alkanes of at least 4 members (excludes halogenated alkanes) is 12. The lowest BCUT2D eigenvalue weighted by Gasteiger charge is -2.12. The summed E-state index contributed by atoms with van der Waals surface area (Å²) in [6, 6.07) is 0. The maximum absolute atomic E-state index is 4.32. The van der Waals surface area contributed by atoms with Crippen molar-refractivity contribution in [1.29, 1.82) is 0 Å². The molecule has 0 N–H and O–H groups in total. The summed E-state index contributed by atoms with van der Waals surface area (Å²) < 4.78 is 0. The van der Waals surface area contributed by atoms with Crippen LogP contribution in [0.2, 0.25) is 0 Å². The molecule has 0 aromatic rings. The van der Waals surface area contributed by atoms with E-state index in [1.54, 1.807) is 0 Å². The van der Waals surface area contributed by atoms with Gasteiger partial charge in [0.05, 0.1) is 0 Å². The Kier molecular flexibility index (Phi) is 21.6. The van der Waals surface area contributed by atoms with E-state index >= 15 is 0 Å². The summed E-state index contributed by atoms with van der Waals surface area (Å²) in [5, 5.41) is 0. The molecule has 2 unspecified atom stereocenters. The summed E-state index contributed by atoms with van der Waals surface area (Å²) >= 11 is 0. The van der Waals surface area contributed by atoms with Crippen LogP contribution in [0.3, 0.4) is 0 Å². The second kappa shape index (κ2) is 21.5. The molecule has 0 amide bonds. The molecule has 0 aliphatic rings. The fourth-order valence-corrected chi connectivity index (χ4v) is 4.69. The van der Waals surface area contributed by atoms with E-state index in [2.05, 4.69) is 27.4 Å². The van der Waals surface area contributed by atoms with Gasteiger partial charge in [0.2, 0.25) is 0 Å². The zero-order chi connectivity index (χ0) is 19.3. The molecular weight excluding hydrogens is 331 g/mol. The van der Waals surface area contributed by atoms with Gasteiger partial charge in [-0.3, -0.25) is 0 Å². The van der Waals surface area contributed by atoms with Gasteiger partial charge in [-0.1, -0.05) is 110 Å². The summed E-state index contributed by atoms with van der Waals surface area (Å²) in [6.07, 6.45) is 26.9. The van der Waals surface area contributed by atoms with E-state index in [1.807, 2.05) is 0 Å². The van der Waals surface area contributed by atoms with E-state index in [4.69, 9.17) is 0 Å². The van der Waals surface area contributed by atoms with E-state index in [0.717, 1.165) is 5.92 Å². The normalized spacial score (nSPS) is 12.9. The van der Waals surface area contributed by atoms with Crippen LogP contribution in [-0.4, -0.2) is 12.3 Å². The maximum atomic E-state index is 4.32. The topological polar surface area (TPSA) is 0 Å². The van der Waals surface area contributed by atoms with E-state index in [1.165, 1.54) is 136 Å². The number of hydrogen-bond donors (Lipinski definition) is 0. The molecule has 0 aliphatic heterocycles. The van der Waals surface area contributed by atoms with Gasteiger partial charge in [-0.15, -0.1) is 8.58 Å². The molecule has 2 atom stereocenters. The molecule has 1 heteroatoms. The number of rotatable bonds is 21. The lowest BCUT2D eigenvalue weighted by molar-refractivity contribution is 0.509. The van der Waals surface area contributed by atoms with Crippen molar-refractivity contribution in [3.8, 4) is 0 Å². The maximum Gasteiger partial charge on any atom is -0.0320 e. The molecule has 0 saturated heterocycles. The first-order valence-corrected chi connectivity index (χ1v) is 13.5. The Bertz CT molecular complexity index is 284. The van der Waals surface area contributed by atoms with Crippen LogP contribution in [0, 0.1) is 5.92 Å². The Morgan fingerprint density at radius 1 is 0.692 bits per heavy atom. The van der Waals surface area contributed by atoms with Gasteiger partial charge in [0.1, 0.15) is 0 Å². The molecule has 26 heavy (non-hydrogen) atoms. The lowest BCUT2D eigenvalue weighted by atomic mass is 9.96. The standard InChI is InChI=1S/C25H51P/c1-5-7-8-9-10-11-12-13-14-15-16-17-18-19-24(3)20-21-25(4)22-23-26-6-2/h25-26H,3,5-23H2,1-2,4H3. The third-order valence-electron chi connectivity index (χ3n) is 5.69. The number of hydrogen-bond acceptors (Lipinski definition) is 0. The van der Waals surface area contributed by atoms with Crippen LogP contribution in [0.5, 0.6) is 0 Å². The molecule has 0 saturated carbocycles. The summed E-state index contributed by atoms with van der Waals surface area (Å²) in [4.78, 5) is 0. The Balaban J connectivity index is 3.23. The number of allylic oxidation sites excluding steroid dienone is 1. The average molecular weight is 383 g/mol. The van der Waals surface area contributed by atoms with Gasteiger partial charge in [0.25, 0.3) is 0 Å². The van der Waals surface area contributed by atoms with Crippen LogP contribution >= 0.6 is 8.58 Å². The molecule has 0 bridgehead atoms. The molecule has 0 aromatic heterocycles. The van der Waals surface area contributed by atoms with Crippen molar-refractivity contribution in [3.05, 3.63) is 12.2 Å². The molecular formula is C25H51P. The fourth-order valence-electron chi connectivity index (χ4n) is 3.64. The summed E-state index contributed by atoms with van der Waals surface area (Å²) in [7, 11) is 1.18. The Hall–Kier alpha value is 0.170. The highest BCUT2D eigenvalue weighted by molar-refractivity contribution is 7.37. The summed E-state index contributed by atoms with van der Waals surface area (Å²) in [6.45, 7) is 11.4. The summed E-state index contributed by atoms with van der Waals surface area (Å²) in [5.41, 5.74) is 1.51. The van der Waals surface area contributed by atoms with Crippen LogP contribution in [0.25, 0.3) is 0 Å². The minimum atomic E-state index is 0.900. The van der Waals surface area contributed by atoms with Gasteiger partial charge in [-0.25, -0.2) is 0 Å². The molecule has 0 aromatic carbocycles. The zero-order valence-electron chi connectivity index (χ0n) is 18.7. The van der Waals surface area contributed by atoms with Crippen molar-refractivity contribution in [3.63, 3.8) is 0 Å². The average Bonchev–Trinajstić information content (AvgIpc) is 2.64. The molecule has 0 rings (SSSR count). The van der Waals surface area contributed by atoms with Gasteiger partial charge in [-0.2, -0.15) is 0 Å².